The molecule has 3 aromatic rings. The number of nitriles is 1. The third kappa shape index (κ3) is 3.21. The van der Waals surface area contributed by atoms with Crippen LogP contribution in [0.4, 0.5) is 10.5 Å². The summed E-state index contributed by atoms with van der Waals surface area (Å²) >= 11 is 0. The molecule has 2 unspecified atom stereocenters. The fourth-order valence-electron chi connectivity index (χ4n) is 3.34. The van der Waals surface area contributed by atoms with Crippen molar-refractivity contribution in [3.8, 4) is 6.07 Å². The minimum atomic E-state index is -0.675. The summed E-state index contributed by atoms with van der Waals surface area (Å²) < 4.78 is 0. The van der Waals surface area contributed by atoms with Crippen LogP contribution in [-0.2, 0) is 4.79 Å². The smallest absolute Gasteiger partial charge is 0.328 e. The number of amides is 3. The molecular weight excluding hydrogens is 356 g/mol. The van der Waals surface area contributed by atoms with Gasteiger partial charge in [0.05, 0.1) is 29.4 Å². The molecule has 138 valence electrons. The van der Waals surface area contributed by atoms with Crippen LogP contribution in [0, 0.1) is 17.2 Å². The quantitative estimate of drug-likeness (QED) is 0.654. The zero-order valence-corrected chi connectivity index (χ0v) is 14.9. The van der Waals surface area contributed by atoms with E-state index in [1.54, 1.807) is 43.5 Å². The normalized spacial score (nSPS) is 18.9. The summed E-state index contributed by atoms with van der Waals surface area (Å²) in [6.07, 6.45) is 1.68. The van der Waals surface area contributed by atoms with E-state index >= 15 is 0 Å². The van der Waals surface area contributed by atoms with E-state index < -0.39 is 18.0 Å². The van der Waals surface area contributed by atoms with Crippen LogP contribution in [0.25, 0.3) is 10.9 Å². The van der Waals surface area contributed by atoms with E-state index in [1.807, 2.05) is 12.1 Å². The van der Waals surface area contributed by atoms with Gasteiger partial charge in [-0.05, 0) is 42.8 Å². The van der Waals surface area contributed by atoms with Crippen LogP contribution in [0.15, 0.2) is 53.7 Å². The number of fused-ring (bicyclic) bond motifs is 1. The molecule has 2 atom stereocenters. The molecule has 0 radical (unpaired) electrons. The number of aliphatic imine (C=N–C) groups is 1. The molecule has 8 heteroatoms. The molecule has 0 bridgehead atoms. The van der Waals surface area contributed by atoms with Crippen LogP contribution >= 0.6 is 0 Å². The molecule has 3 amide bonds. The number of H-pyrrole nitrogens is 1. The van der Waals surface area contributed by atoms with E-state index in [1.165, 1.54) is 0 Å². The Labute approximate surface area is 160 Å². The van der Waals surface area contributed by atoms with E-state index in [4.69, 9.17) is 5.26 Å². The SMILES string of the molecule is CC1=NC(=O)NC(c2ccc(C#N)cc2)C1C(=O)Nc1ccc2[nH]ncc2c1. The number of carbonyl (C=O) groups excluding carboxylic acids is 2. The number of aromatic nitrogens is 2. The van der Waals surface area contributed by atoms with E-state index in [9.17, 15) is 9.59 Å². The monoisotopic (exact) mass is 372 g/mol. The summed E-state index contributed by atoms with van der Waals surface area (Å²) in [7, 11) is 0. The third-order valence-electron chi connectivity index (χ3n) is 4.73. The van der Waals surface area contributed by atoms with Crippen LogP contribution < -0.4 is 10.6 Å². The Hall–Kier alpha value is -3.99. The summed E-state index contributed by atoms with van der Waals surface area (Å²) in [5, 5.41) is 22.3. The highest BCUT2D eigenvalue weighted by atomic mass is 16.2. The highest BCUT2D eigenvalue weighted by Crippen LogP contribution is 2.29. The number of anilines is 1. The van der Waals surface area contributed by atoms with Crippen LogP contribution in [0.1, 0.15) is 24.1 Å². The maximum Gasteiger partial charge on any atom is 0.341 e. The number of urea groups is 1. The molecule has 0 saturated heterocycles. The Morgan fingerprint density at radius 1 is 1.21 bits per heavy atom. The number of carbonyl (C=O) groups is 2. The molecular formula is C20H16N6O2. The van der Waals surface area contributed by atoms with Gasteiger partial charge < -0.3 is 10.6 Å². The number of nitrogens with one attached hydrogen (secondary N) is 3. The molecule has 28 heavy (non-hydrogen) atoms. The maximum absolute atomic E-state index is 13.0. The van der Waals surface area contributed by atoms with Gasteiger partial charge in [0.25, 0.3) is 0 Å². The molecule has 1 aliphatic rings. The highest BCUT2D eigenvalue weighted by molar-refractivity contribution is 6.13. The Morgan fingerprint density at radius 2 is 2.00 bits per heavy atom. The molecule has 4 rings (SSSR count). The second kappa shape index (κ2) is 6.96. The molecule has 2 aromatic carbocycles. The molecule has 1 aromatic heterocycles. The van der Waals surface area contributed by atoms with Gasteiger partial charge in [-0.1, -0.05) is 12.1 Å². The minimum Gasteiger partial charge on any atom is -0.328 e. The first kappa shape index (κ1) is 17.4. The summed E-state index contributed by atoms with van der Waals surface area (Å²) in [6, 6.07) is 13.2. The van der Waals surface area contributed by atoms with Gasteiger partial charge in [-0.15, -0.1) is 0 Å². The van der Waals surface area contributed by atoms with Gasteiger partial charge >= 0.3 is 6.03 Å². The average Bonchev–Trinajstić information content (AvgIpc) is 3.15. The summed E-state index contributed by atoms with van der Waals surface area (Å²) in [4.78, 5) is 28.9. The fraction of sp³-hybridized carbons (Fsp3) is 0.150. The number of aromatic amines is 1. The van der Waals surface area contributed by atoms with Gasteiger partial charge in [0.2, 0.25) is 5.91 Å². The zero-order valence-electron chi connectivity index (χ0n) is 14.9. The molecule has 3 N–H and O–H groups in total. The Kier molecular flexibility index (Phi) is 4.33. The first-order chi connectivity index (χ1) is 13.5. The van der Waals surface area contributed by atoms with Crippen LogP contribution in [0.3, 0.4) is 0 Å². The average molecular weight is 372 g/mol. The highest BCUT2D eigenvalue weighted by Gasteiger charge is 2.36. The molecule has 2 heterocycles. The van der Waals surface area contributed by atoms with Crippen molar-refractivity contribution in [1.82, 2.24) is 15.5 Å². The van der Waals surface area contributed by atoms with Crippen LogP contribution in [0.5, 0.6) is 0 Å². The van der Waals surface area contributed by atoms with Gasteiger partial charge in [-0.25, -0.2) is 9.79 Å². The zero-order chi connectivity index (χ0) is 19.7. The van der Waals surface area contributed by atoms with Crippen molar-refractivity contribution >= 4 is 34.2 Å². The predicted molar refractivity (Wildman–Crippen MR) is 104 cm³/mol. The second-order valence-corrected chi connectivity index (χ2v) is 6.55. The lowest BCUT2D eigenvalue weighted by Gasteiger charge is -2.30. The van der Waals surface area contributed by atoms with Gasteiger partial charge in [0.15, 0.2) is 0 Å². The summed E-state index contributed by atoms with van der Waals surface area (Å²) in [6.45, 7) is 1.67. The lowest BCUT2D eigenvalue weighted by Crippen LogP contribution is -2.45. The fourth-order valence-corrected chi connectivity index (χ4v) is 3.34. The molecule has 0 saturated carbocycles. The van der Waals surface area contributed by atoms with E-state index in [2.05, 4.69) is 31.9 Å². The van der Waals surface area contributed by atoms with Crippen molar-refractivity contribution < 1.29 is 9.59 Å². The second-order valence-electron chi connectivity index (χ2n) is 6.55. The Balaban J connectivity index is 1.64. The summed E-state index contributed by atoms with van der Waals surface area (Å²) in [5.74, 6) is -0.955. The molecule has 0 aliphatic carbocycles. The van der Waals surface area contributed by atoms with Crippen molar-refractivity contribution in [2.75, 3.05) is 5.32 Å². The lowest BCUT2D eigenvalue weighted by atomic mass is 9.87. The number of rotatable bonds is 3. The van der Waals surface area contributed by atoms with Gasteiger partial charge in [-0.2, -0.15) is 10.4 Å². The number of hydrogen-bond acceptors (Lipinski definition) is 4. The molecule has 0 spiro atoms. The van der Waals surface area contributed by atoms with E-state index in [-0.39, 0.29) is 5.91 Å². The summed E-state index contributed by atoms with van der Waals surface area (Å²) in [5.41, 5.74) is 3.16. The lowest BCUT2D eigenvalue weighted by molar-refractivity contribution is -0.118. The maximum atomic E-state index is 13.0. The van der Waals surface area contributed by atoms with Crippen molar-refractivity contribution in [1.29, 1.82) is 5.26 Å². The number of nitrogens with zero attached hydrogens (tertiary/aromatic N) is 3. The topological polar surface area (TPSA) is 123 Å². The molecule has 8 nitrogen and oxygen atoms in total. The van der Waals surface area contributed by atoms with Crippen LogP contribution in [0.2, 0.25) is 0 Å². The van der Waals surface area contributed by atoms with Crippen molar-refractivity contribution in [3.63, 3.8) is 0 Å². The van der Waals surface area contributed by atoms with Crippen LogP contribution in [-0.4, -0.2) is 27.8 Å². The molecule has 0 fully saturated rings. The van der Waals surface area contributed by atoms with Gasteiger partial charge in [0, 0.05) is 16.8 Å². The minimum absolute atomic E-state index is 0.279. The van der Waals surface area contributed by atoms with Crippen molar-refractivity contribution in [3.05, 3.63) is 59.8 Å². The number of hydrogen-bond donors (Lipinski definition) is 3. The van der Waals surface area contributed by atoms with E-state index in [0.717, 1.165) is 16.5 Å². The third-order valence-corrected chi connectivity index (χ3v) is 4.73. The molecule has 1 aliphatic heterocycles. The van der Waals surface area contributed by atoms with Gasteiger partial charge in [0.1, 0.15) is 5.92 Å². The first-order valence-corrected chi connectivity index (χ1v) is 8.65. The first-order valence-electron chi connectivity index (χ1n) is 8.65. The Morgan fingerprint density at radius 3 is 2.75 bits per heavy atom. The van der Waals surface area contributed by atoms with Crippen molar-refractivity contribution in [2.24, 2.45) is 10.9 Å². The van der Waals surface area contributed by atoms with E-state index in [0.29, 0.717) is 17.0 Å². The standard InChI is InChI=1S/C20H16N6O2/c1-11-17(19(27)24-15-6-7-16-14(8-15)10-22-26-16)18(25-20(28)23-11)13-4-2-12(9-21)3-5-13/h2-8,10,17-18H,1H3,(H,22,26)(H,24,27)(H,25,28). The van der Waals surface area contributed by atoms with Crippen molar-refractivity contribution in [2.45, 2.75) is 13.0 Å². The Bertz CT molecular complexity index is 1140. The largest absolute Gasteiger partial charge is 0.341 e. The number of benzene rings is 2. The predicted octanol–water partition coefficient (Wildman–Crippen LogP) is 2.91. The van der Waals surface area contributed by atoms with Gasteiger partial charge in [-0.3, -0.25) is 9.89 Å².